The molecule has 164 valence electrons. The van der Waals surface area contributed by atoms with Gasteiger partial charge in [-0.3, -0.25) is 4.79 Å². The van der Waals surface area contributed by atoms with Gasteiger partial charge in [-0.25, -0.2) is 4.68 Å². The third-order valence-electron chi connectivity index (χ3n) is 4.86. The molecule has 4 rings (SSSR count). The molecule has 0 saturated carbocycles. The van der Waals surface area contributed by atoms with E-state index in [1.807, 2.05) is 48.5 Å². The second-order valence-corrected chi connectivity index (χ2v) is 7.83. The van der Waals surface area contributed by atoms with E-state index in [0.717, 1.165) is 35.1 Å². The minimum absolute atomic E-state index is 0.0393. The smallest absolute Gasteiger partial charge is 0.287 e. The van der Waals surface area contributed by atoms with Crippen molar-refractivity contribution in [1.82, 2.24) is 30.4 Å². The molecule has 0 radical (unpaired) electrons. The maximum Gasteiger partial charge on any atom is 0.287 e. The van der Waals surface area contributed by atoms with Crippen molar-refractivity contribution in [3.05, 3.63) is 74.5 Å². The van der Waals surface area contributed by atoms with Crippen molar-refractivity contribution < 1.29 is 4.74 Å². The second-order valence-electron chi connectivity index (χ2n) is 7.08. The topological polar surface area (TPSA) is 98.6 Å². The van der Waals surface area contributed by atoms with Crippen LogP contribution >= 0.6 is 23.2 Å². The number of benzene rings is 2. The minimum Gasteiger partial charge on any atom is -0.476 e. The molecule has 0 amide bonds. The fourth-order valence-electron chi connectivity index (χ4n) is 3.18. The van der Waals surface area contributed by atoms with Gasteiger partial charge in [0.1, 0.15) is 10.0 Å². The van der Waals surface area contributed by atoms with Crippen molar-refractivity contribution in [2.24, 2.45) is 0 Å². The number of tetrazole rings is 1. The standard InChI is InChI=1S/C22H20Cl2N6O2/c1-2-3-12-32-21-18(23)19(24)22(31)30(27-21)13-14-8-10-15(11-9-14)16-6-4-5-7-17(16)20-25-28-29-26-20/h4-11H,2-3,12-13H2,1H3,(H,25,26,28,29). The Morgan fingerprint density at radius 3 is 2.47 bits per heavy atom. The summed E-state index contributed by atoms with van der Waals surface area (Å²) in [5.74, 6) is 0.683. The monoisotopic (exact) mass is 470 g/mol. The Balaban J connectivity index is 1.60. The van der Waals surface area contributed by atoms with Gasteiger partial charge in [-0.2, -0.15) is 5.21 Å². The SMILES string of the molecule is CCCCOc1nn(Cc2ccc(-c3ccccc3-c3nn[nH]n3)cc2)c(=O)c(Cl)c1Cl. The van der Waals surface area contributed by atoms with Gasteiger partial charge in [-0.05, 0) is 28.3 Å². The van der Waals surface area contributed by atoms with E-state index in [9.17, 15) is 4.79 Å². The van der Waals surface area contributed by atoms with Gasteiger partial charge >= 0.3 is 0 Å². The maximum absolute atomic E-state index is 12.5. The number of hydrogen-bond donors (Lipinski definition) is 1. The van der Waals surface area contributed by atoms with Gasteiger partial charge in [0.15, 0.2) is 0 Å². The molecular weight excluding hydrogens is 451 g/mol. The third-order valence-corrected chi connectivity index (χ3v) is 5.66. The number of halogens is 2. The highest BCUT2D eigenvalue weighted by molar-refractivity contribution is 6.42. The molecule has 2 aromatic heterocycles. The average Bonchev–Trinajstić information content (AvgIpc) is 3.36. The van der Waals surface area contributed by atoms with Crippen LogP contribution in [0, 0.1) is 0 Å². The van der Waals surface area contributed by atoms with Gasteiger partial charge in [0.2, 0.25) is 5.82 Å². The first-order chi connectivity index (χ1) is 15.6. The minimum atomic E-state index is -0.467. The van der Waals surface area contributed by atoms with Crippen LogP contribution in [0.3, 0.4) is 0 Å². The second kappa shape index (κ2) is 9.93. The molecule has 0 aliphatic rings. The molecule has 0 unspecified atom stereocenters. The van der Waals surface area contributed by atoms with Gasteiger partial charge < -0.3 is 4.74 Å². The Kier molecular flexibility index (Phi) is 6.82. The van der Waals surface area contributed by atoms with Crippen LogP contribution in [0.5, 0.6) is 5.88 Å². The largest absolute Gasteiger partial charge is 0.476 e. The number of aromatic amines is 1. The predicted octanol–water partition coefficient (Wildman–Crippen LogP) is 4.62. The first-order valence-corrected chi connectivity index (χ1v) is 10.8. The first kappa shape index (κ1) is 22.0. The normalized spacial score (nSPS) is 11.0. The summed E-state index contributed by atoms with van der Waals surface area (Å²) in [7, 11) is 0. The zero-order valence-electron chi connectivity index (χ0n) is 17.3. The van der Waals surface area contributed by atoms with Crippen LogP contribution in [0.25, 0.3) is 22.5 Å². The molecule has 2 heterocycles. The molecule has 0 aliphatic heterocycles. The lowest BCUT2D eigenvalue weighted by molar-refractivity contribution is 0.288. The van der Waals surface area contributed by atoms with E-state index >= 15 is 0 Å². The quantitative estimate of drug-likeness (QED) is 0.377. The van der Waals surface area contributed by atoms with Crippen molar-refractivity contribution in [1.29, 1.82) is 0 Å². The Labute approximate surface area is 194 Å². The van der Waals surface area contributed by atoms with Gasteiger partial charge in [0, 0.05) is 5.56 Å². The first-order valence-electron chi connectivity index (χ1n) is 10.1. The van der Waals surface area contributed by atoms with Crippen LogP contribution in [0.1, 0.15) is 25.3 Å². The van der Waals surface area contributed by atoms with Gasteiger partial charge in [-0.15, -0.1) is 15.3 Å². The number of rotatable bonds is 8. The van der Waals surface area contributed by atoms with E-state index in [-0.39, 0.29) is 22.5 Å². The fourth-order valence-corrected chi connectivity index (χ4v) is 3.53. The van der Waals surface area contributed by atoms with E-state index < -0.39 is 5.56 Å². The number of nitrogens with zero attached hydrogens (tertiary/aromatic N) is 5. The molecule has 0 atom stereocenters. The lowest BCUT2D eigenvalue weighted by Crippen LogP contribution is -2.25. The summed E-state index contributed by atoms with van der Waals surface area (Å²) in [5, 5.41) is 18.5. The lowest BCUT2D eigenvalue weighted by Gasteiger charge is -2.12. The fraction of sp³-hybridized carbons (Fsp3) is 0.227. The predicted molar refractivity (Wildman–Crippen MR) is 123 cm³/mol. The molecule has 1 N–H and O–H groups in total. The van der Waals surface area contributed by atoms with Crippen LogP contribution in [-0.4, -0.2) is 37.0 Å². The number of ether oxygens (including phenoxy) is 1. The summed E-state index contributed by atoms with van der Waals surface area (Å²) >= 11 is 12.3. The maximum atomic E-state index is 12.5. The molecule has 2 aromatic carbocycles. The zero-order chi connectivity index (χ0) is 22.5. The molecule has 0 fully saturated rings. The third kappa shape index (κ3) is 4.66. The number of H-pyrrole nitrogens is 1. The van der Waals surface area contributed by atoms with Gasteiger partial charge in [0.25, 0.3) is 11.4 Å². The summed E-state index contributed by atoms with van der Waals surface area (Å²) in [6.07, 6.45) is 1.81. The number of hydrogen-bond acceptors (Lipinski definition) is 6. The number of unbranched alkanes of at least 4 members (excludes halogenated alkanes) is 1. The Bertz CT molecular complexity index is 1260. The Morgan fingerprint density at radius 2 is 1.78 bits per heavy atom. The molecular formula is C22H20Cl2N6O2. The summed E-state index contributed by atoms with van der Waals surface area (Å²) in [6, 6.07) is 15.6. The molecule has 32 heavy (non-hydrogen) atoms. The van der Waals surface area contributed by atoms with Crippen LogP contribution in [0.15, 0.2) is 53.3 Å². The van der Waals surface area contributed by atoms with Crippen LogP contribution in [0.4, 0.5) is 0 Å². The van der Waals surface area contributed by atoms with Gasteiger partial charge in [-0.1, -0.05) is 85.1 Å². The van der Waals surface area contributed by atoms with Crippen LogP contribution in [0.2, 0.25) is 10.0 Å². The summed E-state index contributed by atoms with van der Waals surface area (Å²) in [4.78, 5) is 12.5. The van der Waals surface area contributed by atoms with Crippen molar-refractivity contribution in [2.75, 3.05) is 6.61 Å². The van der Waals surface area contributed by atoms with E-state index in [1.54, 1.807) is 0 Å². The van der Waals surface area contributed by atoms with Crippen molar-refractivity contribution in [2.45, 2.75) is 26.3 Å². The van der Waals surface area contributed by atoms with Crippen LogP contribution < -0.4 is 10.3 Å². The molecule has 10 heteroatoms. The molecule has 0 bridgehead atoms. The number of nitrogens with one attached hydrogen (secondary N) is 1. The Hall–Kier alpha value is -3.23. The Morgan fingerprint density at radius 1 is 1.03 bits per heavy atom. The van der Waals surface area contributed by atoms with Crippen LogP contribution in [-0.2, 0) is 6.54 Å². The van der Waals surface area contributed by atoms with Crippen molar-refractivity contribution >= 4 is 23.2 Å². The highest BCUT2D eigenvalue weighted by Gasteiger charge is 2.16. The summed E-state index contributed by atoms with van der Waals surface area (Å²) < 4.78 is 6.87. The van der Waals surface area contributed by atoms with E-state index in [2.05, 4.69) is 32.6 Å². The van der Waals surface area contributed by atoms with E-state index in [0.29, 0.717) is 12.4 Å². The lowest BCUT2D eigenvalue weighted by atomic mass is 9.98. The van der Waals surface area contributed by atoms with Crippen molar-refractivity contribution in [3.63, 3.8) is 0 Å². The van der Waals surface area contributed by atoms with Crippen molar-refractivity contribution in [3.8, 4) is 28.4 Å². The molecule has 4 aromatic rings. The highest BCUT2D eigenvalue weighted by Crippen LogP contribution is 2.30. The highest BCUT2D eigenvalue weighted by atomic mass is 35.5. The van der Waals surface area contributed by atoms with E-state index in [1.165, 1.54) is 4.68 Å². The average molecular weight is 471 g/mol. The molecule has 0 aliphatic carbocycles. The summed E-state index contributed by atoms with van der Waals surface area (Å²) in [6.45, 7) is 2.73. The molecule has 0 saturated heterocycles. The van der Waals surface area contributed by atoms with Gasteiger partial charge in [0.05, 0.1) is 13.2 Å². The summed E-state index contributed by atoms with van der Waals surface area (Å²) in [5.41, 5.74) is 3.22. The van der Waals surface area contributed by atoms with E-state index in [4.69, 9.17) is 27.9 Å². The molecule has 0 spiro atoms. The number of aromatic nitrogens is 6. The molecule has 8 nitrogen and oxygen atoms in total. The zero-order valence-corrected chi connectivity index (χ0v) is 18.8.